The van der Waals surface area contributed by atoms with Crippen molar-refractivity contribution in [3.8, 4) is 11.6 Å². The van der Waals surface area contributed by atoms with Crippen LogP contribution in [0.3, 0.4) is 0 Å². The van der Waals surface area contributed by atoms with E-state index in [1.165, 1.54) is 24.3 Å². The number of anilines is 1. The number of amidine groups is 1. The lowest BCUT2D eigenvalue weighted by molar-refractivity contribution is -0.122. The quantitative estimate of drug-likeness (QED) is 0.290. The van der Waals surface area contributed by atoms with Crippen LogP contribution in [0.4, 0.5) is 5.69 Å². The molecule has 1 aliphatic heterocycles. The van der Waals surface area contributed by atoms with Crippen LogP contribution in [-0.4, -0.2) is 42.4 Å². The number of nitrogens with zero attached hydrogens (tertiary/aromatic N) is 1. The summed E-state index contributed by atoms with van der Waals surface area (Å²) in [5.74, 6) is -1.59. The number of aromatic amines is 2. The maximum absolute atomic E-state index is 12.5. The molecule has 4 rings (SSSR count). The fourth-order valence-electron chi connectivity index (χ4n) is 3.36. The monoisotopic (exact) mass is 515 g/mol. The van der Waals surface area contributed by atoms with E-state index in [4.69, 9.17) is 11.6 Å². The molecule has 11 nitrogen and oxygen atoms in total. The average Bonchev–Trinajstić information content (AvgIpc) is 3.11. The third-order valence-corrected chi connectivity index (χ3v) is 6.27. The molecule has 2 amide bonds. The molecule has 13 heteroatoms. The molecule has 1 fully saturated rings. The highest BCUT2D eigenvalue weighted by Gasteiger charge is 2.33. The molecule has 6 N–H and O–H groups in total. The number of aromatic nitrogens is 2. The van der Waals surface area contributed by atoms with Crippen LogP contribution in [-0.2, 0) is 9.59 Å². The molecule has 1 saturated heterocycles. The normalized spacial score (nSPS) is 17.2. The van der Waals surface area contributed by atoms with Gasteiger partial charge in [0.05, 0.1) is 0 Å². The zero-order valence-electron chi connectivity index (χ0n) is 17.7. The van der Waals surface area contributed by atoms with Gasteiger partial charge in [0.1, 0.15) is 22.6 Å². The summed E-state index contributed by atoms with van der Waals surface area (Å²) in [4.78, 5) is 57.5. The van der Waals surface area contributed by atoms with Gasteiger partial charge in [0.2, 0.25) is 17.7 Å². The predicted molar refractivity (Wildman–Crippen MR) is 131 cm³/mol. The predicted octanol–water partition coefficient (Wildman–Crippen LogP) is 1.83. The van der Waals surface area contributed by atoms with E-state index in [2.05, 4.69) is 20.6 Å². The summed E-state index contributed by atoms with van der Waals surface area (Å²) < 4.78 is 0. The zero-order chi connectivity index (χ0) is 25.1. The first-order valence-electron chi connectivity index (χ1n) is 10.1. The molecule has 1 aliphatic rings. The molecule has 35 heavy (non-hydrogen) atoms. The van der Waals surface area contributed by atoms with E-state index in [1.54, 1.807) is 24.3 Å². The van der Waals surface area contributed by atoms with Gasteiger partial charge in [-0.25, -0.2) is 9.79 Å². The molecule has 1 aromatic heterocycles. The van der Waals surface area contributed by atoms with Gasteiger partial charge in [0.25, 0.3) is 5.56 Å². The summed E-state index contributed by atoms with van der Waals surface area (Å²) in [5, 5.41) is 24.9. The number of thioether (sulfide) groups is 1. The highest BCUT2D eigenvalue weighted by molar-refractivity contribution is 8.15. The summed E-state index contributed by atoms with van der Waals surface area (Å²) in [6.45, 7) is 0. The van der Waals surface area contributed by atoms with Gasteiger partial charge >= 0.3 is 5.69 Å². The minimum atomic E-state index is -1.14. The van der Waals surface area contributed by atoms with Crippen LogP contribution in [0.5, 0.6) is 11.6 Å². The molecule has 3 aromatic rings. The second kappa shape index (κ2) is 10.1. The second-order valence-electron chi connectivity index (χ2n) is 7.46. The van der Waals surface area contributed by atoms with E-state index in [9.17, 15) is 29.4 Å². The highest BCUT2D eigenvalue weighted by Crippen LogP contribution is 2.32. The first kappa shape index (κ1) is 24.1. The largest absolute Gasteiger partial charge is 0.508 e. The molecule has 0 bridgehead atoms. The van der Waals surface area contributed by atoms with Gasteiger partial charge in [-0.05, 0) is 35.9 Å². The Balaban J connectivity index is 1.59. The number of hydrogen-bond acceptors (Lipinski definition) is 8. The SMILES string of the molecule is O=C(C[C@@H]1SC(=N[C@@H](c2ccc(O)cc2)c2c(O)[nH]c(=O)[nH]c2=O)NC1=O)Nc1cccc(Cl)c1. The fraction of sp³-hybridized carbons (Fsp3) is 0.136. The van der Waals surface area contributed by atoms with Gasteiger partial charge in [-0.15, -0.1) is 0 Å². The molecule has 0 radical (unpaired) electrons. The lowest BCUT2D eigenvalue weighted by Crippen LogP contribution is -2.29. The minimum absolute atomic E-state index is 0.0333. The summed E-state index contributed by atoms with van der Waals surface area (Å²) in [6, 6.07) is 11.1. The summed E-state index contributed by atoms with van der Waals surface area (Å²) in [7, 11) is 0. The molecule has 0 aliphatic carbocycles. The number of amides is 2. The third kappa shape index (κ3) is 5.73. The topological polar surface area (TPSA) is 177 Å². The first-order valence-corrected chi connectivity index (χ1v) is 11.4. The van der Waals surface area contributed by atoms with Crippen LogP contribution < -0.4 is 21.9 Å². The van der Waals surface area contributed by atoms with E-state index in [-0.39, 0.29) is 22.9 Å². The number of phenolic OH excluding ortho intramolecular Hbond substituents is 1. The van der Waals surface area contributed by atoms with Crippen LogP contribution >= 0.6 is 23.4 Å². The molecular formula is C22H18ClN5O6S. The molecule has 0 saturated carbocycles. The number of nitrogens with one attached hydrogen (secondary N) is 4. The van der Waals surface area contributed by atoms with Crippen molar-refractivity contribution in [3.63, 3.8) is 0 Å². The van der Waals surface area contributed by atoms with Crippen molar-refractivity contribution >= 4 is 46.0 Å². The van der Waals surface area contributed by atoms with Crippen LogP contribution in [0.25, 0.3) is 0 Å². The van der Waals surface area contributed by atoms with Gasteiger partial charge in [0.15, 0.2) is 5.17 Å². The van der Waals surface area contributed by atoms with Crippen molar-refractivity contribution in [2.45, 2.75) is 17.7 Å². The highest BCUT2D eigenvalue weighted by atomic mass is 35.5. The van der Waals surface area contributed by atoms with Crippen molar-refractivity contribution in [1.29, 1.82) is 0 Å². The first-order chi connectivity index (χ1) is 16.7. The molecule has 2 aromatic carbocycles. The number of aromatic hydroxyl groups is 2. The van der Waals surface area contributed by atoms with Crippen molar-refractivity contribution in [1.82, 2.24) is 15.3 Å². The maximum atomic E-state index is 12.5. The van der Waals surface area contributed by atoms with Gasteiger partial charge in [0, 0.05) is 17.1 Å². The Morgan fingerprint density at radius 3 is 2.54 bits per heavy atom. The average molecular weight is 516 g/mol. The number of carbonyl (C=O) groups is 2. The molecule has 0 unspecified atom stereocenters. The Morgan fingerprint density at radius 2 is 1.86 bits per heavy atom. The van der Waals surface area contributed by atoms with Crippen molar-refractivity contribution in [2.75, 3.05) is 5.32 Å². The summed E-state index contributed by atoms with van der Waals surface area (Å²) in [6.07, 6.45) is -0.156. The molecular weight excluding hydrogens is 498 g/mol. The Labute approximate surface area is 206 Å². The lowest BCUT2D eigenvalue weighted by atomic mass is 10.0. The van der Waals surface area contributed by atoms with E-state index in [1.807, 2.05) is 4.98 Å². The van der Waals surface area contributed by atoms with Crippen LogP contribution in [0.15, 0.2) is 63.1 Å². The van der Waals surface area contributed by atoms with E-state index >= 15 is 0 Å². The number of phenols is 1. The van der Waals surface area contributed by atoms with Gasteiger partial charge in [-0.3, -0.25) is 24.4 Å². The van der Waals surface area contributed by atoms with Crippen LogP contribution in [0.1, 0.15) is 23.6 Å². The maximum Gasteiger partial charge on any atom is 0.328 e. The molecule has 0 spiro atoms. The van der Waals surface area contributed by atoms with E-state index in [0.29, 0.717) is 16.3 Å². The number of H-pyrrole nitrogens is 2. The Hall–Kier alpha value is -4.03. The van der Waals surface area contributed by atoms with Crippen LogP contribution in [0, 0.1) is 0 Å². The Morgan fingerprint density at radius 1 is 1.11 bits per heavy atom. The number of benzene rings is 2. The molecule has 2 heterocycles. The zero-order valence-corrected chi connectivity index (χ0v) is 19.3. The third-order valence-electron chi connectivity index (χ3n) is 4.94. The Bertz CT molecular complexity index is 1440. The fourth-order valence-corrected chi connectivity index (χ4v) is 4.55. The lowest BCUT2D eigenvalue weighted by Gasteiger charge is -2.14. The molecule has 2 atom stereocenters. The second-order valence-corrected chi connectivity index (χ2v) is 9.09. The van der Waals surface area contributed by atoms with Gasteiger partial charge in [-0.1, -0.05) is 41.6 Å². The Kier molecular flexibility index (Phi) is 6.94. The number of aliphatic imine (C=N–C) groups is 1. The van der Waals surface area contributed by atoms with E-state index < -0.39 is 40.2 Å². The van der Waals surface area contributed by atoms with Crippen molar-refractivity contribution in [2.24, 2.45) is 4.99 Å². The van der Waals surface area contributed by atoms with Gasteiger partial charge in [-0.2, -0.15) is 0 Å². The number of halogens is 1. The van der Waals surface area contributed by atoms with Crippen molar-refractivity contribution < 1.29 is 19.8 Å². The number of hydrogen-bond donors (Lipinski definition) is 6. The molecule has 180 valence electrons. The van der Waals surface area contributed by atoms with E-state index in [0.717, 1.165) is 11.8 Å². The van der Waals surface area contributed by atoms with Crippen molar-refractivity contribution in [3.05, 3.63) is 85.5 Å². The standard InChI is InChI=1S/C22H18ClN5O6S/c23-11-2-1-3-12(8-11)24-15(30)9-14-18(31)28-22(35-14)25-17(10-4-6-13(29)7-5-10)16-19(32)26-21(34)27-20(16)33/h1-8,14,17,29H,9H2,(H,24,30)(H,25,28,31)(H3,26,27,32,33,34)/t14-,17-/m0/s1. The number of carbonyl (C=O) groups excluding carboxylic acids is 2. The van der Waals surface area contributed by atoms with Gasteiger partial charge < -0.3 is 20.8 Å². The summed E-state index contributed by atoms with van der Waals surface area (Å²) >= 11 is 6.90. The summed E-state index contributed by atoms with van der Waals surface area (Å²) in [5.41, 5.74) is -1.16. The van der Waals surface area contributed by atoms with Crippen LogP contribution in [0.2, 0.25) is 5.02 Å². The minimum Gasteiger partial charge on any atom is -0.508 e. The smallest absolute Gasteiger partial charge is 0.328 e. The number of rotatable bonds is 6.